The number of halogens is 3. The van der Waals surface area contributed by atoms with Crippen LogP contribution in [0.4, 0.5) is 0 Å². The molecule has 3 aromatic heterocycles. The summed E-state index contributed by atoms with van der Waals surface area (Å²) < 4.78 is 2.52. The number of hydrogen-bond donors (Lipinski definition) is 1. The van der Waals surface area contributed by atoms with E-state index in [1.807, 2.05) is 18.2 Å². The minimum Gasteiger partial charge on any atom is -0.225 e. The Bertz CT molecular complexity index is 770. The first-order valence-corrected chi connectivity index (χ1v) is 12.1. The van der Waals surface area contributed by atoms with Crippen LogP contribution in [-0.2, 0) is 19.5 Å². The summed E-state index contributed by atoms with van der Waals surface area (Å²) in [6.45, 7) is 3.63. The van der Waals surface area contributed by atoms with Crippen LogP contribution >= 0.6 is 68.8 Å². The molecule has 0 atom stereocenters. The van der Waals surface area contributed by atoms with Gasteiger partial charge in [-0.05, 0) is 48.7 Å². The second-order valence-corrected chi connectivity index (χ2v) is 11.9. The molecule has 4 heterocycles. The largest absolute Gasteiger partial charge is 0.225 e. The van der Waals surface area contributed by atoms with E-state index >= 15 is 0 Å². The zero-order chi connectivity index (χ0) is 18.8. The third-order valence-corrected chi connectivity index (χ3v) is 8.00. The highest BCUT2D eigenvalue weighted by atomic mass is 35.5. The number of nitrogens with one attached hydrogen (secondary N) is 1. The molecule has 1 saturated heterocycles. The molecule has 1 aliphatic rings. The number of rotatable bonds is 6. The van der Waals surface area contributed by atoms with E-state index in [1.165, 1.54) is 14.6 Å². The third-order valence-electron chi connectivity index (χ3n) is 4.31. The van der Waals surface area contributed by atoms with Crippen molar-refractivity contribution in [3.63, 3.8) is 0 Å². The van der Waals surface area contributed by atoms with Crippen LogP contribution in [-0.4, -0.2) is 23.1 Å². The number of hydrogen-bond acceptors (Lipinski definition) is 6. The zero-order valence-corrected chi connectivity index (χ0v) is 19.0. The molecule has 1 aliphatic heterocycles. The molecular weight excluding hydrogens is 461 g/mol. The highest BCUT2D eigenvalue weighted by Crippen LogP contribution is 2.28. The maximum absolute atomic E-state index is 6.12. The average Bonchev–Trinajstić information content (AvgIpc) is 3.31. The second-order valence-electron chi connectivity index (χ2n) is 6.55. The van der Waals surface area contributed by atoms with Gasteiger partial charge in [-0.25, -0.2) is 10.0 Å². The Morgan fingerprint density at radius 3 is 1.59 bits per heavy atom. The molecule has 144 valence electrons. The fourth-order valence-electron chi connectivity index (χ4n) is 3.29. The van der Waals surface area contributed by atoms with Crippen LogP contribution in [0, 0.1) is 5.92 Å². The molecule has 4 rings (SSSR count). The Balaban J connectivity index is 1.46. The van der Waals surface area contributed by atoms with Crippen molar-refractivity contribution >= 4 is 68.8 Å². The van der Waals surface area contributed by atoms with E-state index < -0.39 is 0 Å². The lowest BCUT2D eigenvalue weighted by molar-refractivity contribution is -0.0528. The molecule has 0 radical (unpaired) electrons. The SMILES string of the molecule is Clc1ccc(CC2CN(Cc3ccc(Cl)s3)NN(Cc3ccc(Cl)s3)C2)s1. The minimum absolute atomic E-state index is 0.520. The molecular formula is C18H18Cl3N3S3. The lowest BCUT2D eigenvalue weighted by Gasteiger charge is -2.40. The first-order valence-electron chi connectivity index (χ1n) is 8.52. The summed E-state index contributed by atoms with van der Waals surface area (Å²) in [6, 6.07) is 12.2. The number of nitrogens with zero attached hydrogens (tertiary/aromatic N) is 2. The van der Waals surface area contributed by atoms with Gasteiger partial charge in [-0.3, -0.25) is 0 Å². The summed E-state index contributed by atoms with van der Waals surface area (Å²) in [6.07, 6.45) is 1.03. The normalized spacial score (nSPS) is 17.0. The predicted octanol–water partition coefficient (Wildman–Crippen LogP) is 6.43. The maximum Gasteiger partial charge on any atom is 0.0931 e. The monoisotopic (exact) mass is 477 g/mol. The van der Waals surface area contributed by atoms with Crippen LogP contribution in [0.15, 0.2) is 36.4 Å². The molecule has 3 aromatic rings. The molecule has 9 heteroatoms. The quantitative estimate of drug-likeness (QED) is 0.440. The highest BCUT2D eigenvalue weighted by Gasteiger charge is 2.26. The van der Waals surface area contributed by atoms with E-state index in [9.17, 15) is 0 Å². The van der Waals surface area contributed by atoms with E-state index in [0.717, 1.165) is 45.6 Å². The van der Waals surface area contributed by atoms with E-state index in [4.69, 9.17) is 34.8 Å². The standard InChI is InChI=1S/C18H18Cl3N3S3/c19-16-4-1-13(25-16)7-12-8-23(10-14-2-5-17(20)26-14)22-24(9-12)11-15-3-6-18(21)27-15/h1-6,12,22H,7-11H2. The van der Waals surface area contributed by atoms with Crippen molar-refractivity contribution in [1.82, 2.24) is 15.6 Å². The molecule has 0 bridgehead atoms. The van der Waals surface area contributed by atoms with Crippen molar-refractivity contribution in [3.8, 4) is 0 Å². The smallest absolute Gasteiger partial charge is 0.0931 e. The van der Waals surface area contributed by atoms with Gasteiger partial charge in [-0.2, -0.15) is 5.53 Å². The van der Waals surface area contributed by atoms with Crippen LogP contribution in [0.25, 0.3) is 0 Å². The van der Waals surface area contributed by atoms with Crippen molar-refractivity contribution in [2.75, 3.05) is 13.1 Å². The Morgan fingerprint density at radius 2 is 1.19 bits per heavy atom. The van der Waals surface area contributed by atoms with Gasteiger partial charge < -0.3 is 0 Å². The van der Waals surface area contributed by atoms with Gasteiger partial charge in [-0.1, -0.05) is 34.8 Å². The van der Waals surface area contributed by atoms with Gasteiger partial charge >= 0.3 is 0 Å². The fraction of sp³-hybridized carbons (Fsp3) is 0.333. The Hall–Kier alpha value is -0.150. The van der Waals surface area contributed by atoms with Crippen LogP contribution in [0.5, 0.6) is 0 Å². The fourth-order valence-corrected chi connectivity index (χ4v) is 6.70. The Labute approximate surface area is 186 Å². The van der Waals surface area contributed by atoms with Crippen molar-refractivity contribution in [1.29, 1.82) is 0 Å². The van der Waals surface area contributed by atoms with Gasteiger partial charge in [-0.15, -0.1) is 34.0 Å². The summed E-state index contributed by atoms with van der Waals surface area (Å²) in [7, 11) is 0. The topological polar surface area (TPSA) is 18.5 Å². The molecule has 0 amide bonds. The first-order chi connectivity index (χ1) is 13.0. The lowest BCUT2D eigenvalue weighted by atomic mass is 10.0. The van der Waals surface area contributed by atoms with Gasteiger partial charge in [0.15, 0.2) is 0 Å². The minimum atomic E-state index is 0.520. The van der Waals surface area contributed by atoms with Gasteiger partial charge in [0.25, 0.3) is 0 Å². The summed E-state index contributed by atoms with van der Waals surface area (Å²) >= 11 is 23.3. The lowest BCUT2D eigenvalue weighted by Crippen LogP contribution is -2.58. The summed E-state index contributed by atoms with van der Waals surface area (Å²) in [5.74, 6) is 0.520. The number of hydrazine groups is 2. The molecule has 0 unspecified atom stereocenters. The van der Waals surface area contributed by atoms with Crippen molar-refractivity contribution in [2.45, 2.75) is 19.5 Å². The maximum atomic E-state index is 6.12. The summed E-state index contributed by atoms with van der Waals surface area (Å²) in [4.78, 5) is 3.85. The second kappa shape index (κ2) is 9.11. The van der Waals surface area contributed by atoms with Crippen LogP contribution in [0.1, 0.15) is 14.6 Å². The molecule has 27 heavy (non-hydrogen) atoms. The van der Waals surface area contributed by atoms with E-state index in [1.54, 1.807) is 34.0 Å². The van der Waals surface area contributed by atoms with E-state index in [2.05, 4.69) is 33.8 Å². The molecule has 3 nitrogen and oxygen atoms in total. The molecule has 0 aromatic carbocycles. The zero-order valence-electron chi connectivity index (χ0n) is 14.3. The Kier molecular flexibility index (Phi) is 6.80. The third kappa shape index (κ3) is 5.69. The molecule has 1 N–H and O–H groups in total. The van der Waals surface area contributed by atoms with E-state index in [-0.39, 0.29) is 0 Å². The number of thiophene rings is 3. The average molecular weight is 479 g/mol. The van der Waals surface area contributed by atoms with Crippen molar-refractivity contribution in [3.05, 3.63) is 64.0 Å². The van der Waals surface area contributed by atoms with E-state index in [0.29, 0.717) is 5.92 Å². The highest BCUT2D eigenvalue weighted by molar-refractivity contribution is 7.16. The van der Waals surface area contributed by atoms with Crippen molar-refractivity contribution in [2.24, 2.45) is 5.92 Å². The van der Waals surface area contributed by atoms with Gasteiger partial charge in [0.2, 0.25) is 0 Å². The molecule has 0 spiro atoms. The van der Waals surface area contributed by atoms with Crippen LogP contribution in [0.2, 0.25) is 13.0 Å². The first kappa shape index (κ1) is 20.1. The van der Waals surface area contributed by atoms with Gasteiger partial charge in [0.05, 0.1) is 13.0 Å². The summed E-state index contributed by atoms with van der Waals surface area (Å²) in [5, 5.41) is 4.56. The predicted molar refractivity (Wildman–Crippen MR) is 119 cm³/mol. The Morgan fingerprint density at radius 1 is 0.741 bits per heavy atom. The van der Waals surface area contributed by atoms with Crippen molar-refractivity contribution < 1.29 is 0 Å². The van der Waals surface area contributed by atoms with Gasteiger partial charge in [0, 0.05) is 40.8 Å². The van der Waals surface area contributed by atoms with Crippen LogP contribution in [0.3, 0.4) is 0 Å². The molecule has 1 fully saturated rings. The molecule has 0 saturated carbocycles. The summed E-state index contributed by atoms with van der Waals surface area (Å²) in [5.41, 5.74) is 3.56. The molecule has 0 aliphatic carbocycles. The van der Waals surface area contributed by atoms with Crippen LogP contribution < -0.4 is 5.53 Å². The van der Waals surface area contributed by atoms with Gasteiger partial charge in [0.1, 0.15) is 0 Å².